The highest BCUT2D eigenvalue weighted by Crippen LogP contribution is 2.28. The number of carbonyl (C=O) groups excluding carboxylic acids is 1. The monoisotopic (exact) mass is 565 g/mol. The molecule has 3 aromatic carbocycles. The van der Waals surface area contributed by atoms with Gasteiger partial charge in [-0.15, -0.1) is 0 Å². The summed E-state index contributed by atoms with van der Waals surface area (Å²) >= 11 is 0. The zero-order valence-corrected chi connectivity index (χ0v) is 24.4. The van der Waals surface area contributed by atoms with Gasteiger partial charge in [0, 0.05) is 45.8 Å². The Labute approximate surface area is 248 Å². The topological polar surface area (TPSA) is 58.4 Å². The fourth-order valence-corrected chi connectivity index (χ4v) is 5.24. The normalized spacial score (nSPS) is 14.0. The van der Waals surface area contributed by atoms with E-state index in [0.29, 0.717) is 43.4 Å². The van der Waals surface area contributed by atoms with Crippen LogP contribution in [0.5, 0.6) is 11.5 Å². The molecule has 0 saturated carbocycles. The average molecular weight is 566 g/mol. The lowest BCUT2D eigenvalue weighted by atomic mass is 10.1. The van der Waals surface area contributed by atoms with E-state index in [1.54, 1.807) is 14.2 Å². The zero-order chi connectivity index (χ0) is 29.1. The molecule has 1 aromatic heterocycles. The number of ether oxygens (including phenoxy) is 2. The largest absolute Gasteiger partial charge is 0.493 e. The lowest BCUT2D eigenvalue weighted by Gasteiger charge is -2.33. The number of benzene rings is 3. The number of methoxy groups -OCH3 is 2. The maximum atomic E-state index is 13.3. The van der Waals surface area contributed by atoms with Crippen LogP contribution in [0.15, 0.2) is 101 Å². The Hall–Kier alpha value is -4.33. The first kappa shape index (κ1) is 29.2. The smallest absolute Gasteiger partial charge is 0.289 e. The molecule has 7 nitrogen and oxygen atoms in total. The maximum Gasteiger partial charge on any atom is 0.289 e. The van der Waals surface area contributed by atoms with Crippen LogP contribution in [0.25, 0.3) is 6.08 Å². The third-order valence-electron chi connectivity index (χ3n) is 7.49. The van der Waals surface area contributed by atoms with E-state index in [2.05, 4.69) is 46.2 Å². The van der Waals surface area contributed by atoms with Crippen LogP contribution in [0.3, 0.4) is 0 Å². The van der Waals surface area contributed by atoms with Gasteiger partial charge in [-0.25, -0.2) is 0 Å². The minimum atomic E-state index is -0.0461. The van der Waals surface area contributed by atoms with E-state index in [-0.39, 0.29) is 5.91 Å². The van der Waals surface area contributed by atoms with Gasteiger partial charge in [-0.1, -0.05) is 78.9 Å². The highest BCUT2D eigenvalue weighted by molar-refractivity contribution is 5.91. The summed E-state index contributed by atoms with van der Waals surface area (Å²) < 4.78 is 17.0. The predicted octanol–water partition coefficient (Wildman–Crippen LogP) is 5.97. The first-order valence-corrected chi connectivity index (χ1v) is 14.4. The number of hydrogen-bond donors (Lipinski definition) is 0. The molecule has 42 heavy (non-hydrogen) atoms. The summed E-state index contributed by atoms with van der Waals surface area (Å²) in [5, 5.41) is 0. The molecule has 0 aliphatic carbocycles. The van der Waals surface area contributed by atoms with Gasteiger partial charge in [0.15, 0.2) is 17.3 Å². The van der Waals surface area contributed by atoms with Crippen LogP contribution in [-0.4, -0.2) is 67.6 Å². The second-order valence-electron chi connectivity index (χ2n) is 10.5. The summed E-state index contributed by atoms with van der Waals surface area (Å²) in [4.78, 5) is 19.8. The van der Waals surface area contributed by atoms with Crippen LogP contribution >= 0.6 is 0 Å². The van der Waals surface area contributed by atoms with E-state index < -0.39 is 0 Å². The molecule has 0 N–H and O–H groups in total. The van der Waals surface area contributed by atoms with E-state index in [9.17, 15) is 4.79 Å². The number of hydrogen-bond acceptors (Lipinski definition) is 6. The molecule has 0 atom stereocenters. The van der Waals surface area contributed by atoms with Gasteiger partial charge in [-0.2, -0.15) is 0 Å². The van der Waals surface area contributed by atoms with Crippen LogP contribution in [0.4, 0.5) is 0 Å². The lowest BCUT2D eigenvalue weighted by Crippen LogP contribution is -2.48. The van der Waals surface area contributed by atoms with Crippen LogP contribution in [0.2, 0.25) is 0 Å². The number of carbonyl (C=O) groups is 1. The van der Waals surface area contributed by atoms with Crippen molar-refractivity contribution in [1.29, 1.82) is 0 Å². The van der Waals surface area contributed by atoms with Gasteiger partial charge >= 0.3 is 0 Å². The van der Waals surface area contributed by atoms with Crippen molar-refractivity contribution >= 4 is 12.0 Å². The van der Waals surface area contributed by atoms with Crippen molar-refractivity contribution < 1.29 is 18.7 Å². The van der Waals surface area contributed by atoms with Crippen LogP contribution < -0.4 is 9.47 Å². The highest BCUT2D eigenvalue weighted by atomic mass is 16.5. The minimum absolute atomic E-state index is 0.0461. The number of nitrogens with zero attached hydrogens (tertiary/aromatic N) is 3. The van der Waals surface area contributed by atoms with Crippen LogP contribution in [-0.2, 0) is 19.6 Å². The Bertz CT molecular complexity index is 1440. The third kappa shape index (κ3) is 7.90. The highest BCUT2D eigenvalue weighted by Gasteiger charge is 2.24. The SMILES string of the molecule is COc1ccc(CN(Cc2ccccc2)Cc2ccc(C(=O)N3CCN(C/C=C/c4ccccc4)CC3)o2)cc1OC. The van der Waals surface area contributed by atoms with E-state index in [1.165, 1.54) is 11.1 Å². The molecule has 1 aliphatic heterocycles. The number of piperazine rings is 1. The van der Waals surface area contributed by atoms with Gasteiger partial charge in [0.1, 0.15) is 5.76 Å². The van der Waals surface area contributed by atoms with Gasteiger partial charge in [0.2, 0.25) is 0 Å². The van der Waals surface area contributed by atoms with Gasteiger partial charge in [-0.05, 0) is 41.0 Å². The maximum absolute atomic E-state index is 13.3. The van der Waals surface area contributed by atoms with Crippen molar-refractivity contribution in [3.05, 3.63) is 125 Å². The quantitative estimate of drug-likeness (QED) is 0.211. The van der Waals surface area contributed by atoms with Gasteiger partial charge in [0.05, 0.1) is 20.8 Å². The second-order valence-corrected chi connectivity index (χ2v) is 10.5. The number of rotatable bonds is 12. The second kappa shape index (κ2) is 14.5. The molecule has 0 bridgehead atoms. The first-order chi connectivity index (χ1) is 20.6. The molecule has 1 aliphatic rings. The molecule has 1 amide bonds. The Balaban J connectivity index is 1.19. The van der Waals surface area contributed by atoms with Gasteiger partial charge < -0.3 is 18.8 Å². The molecule has 218 valence electrons. The summed E-state index contributed by atoms with van der Waals surface area (Å²) in [6.07, 6.45) is 4.34. The molecular formula is C35H39N3O4. The minimum Gasteiger partial charge on any atom is -0.493 e. The Morgan fingerprint density at radius 2 is 1.48 bits per heavy atom. The average Bonchev–Trinajstić information content (AvgIpc) is 3.50. The van der Waals surface area contributed by atoms with Gasteiger partial charge in [-0.3, -0.25) is 14.6 Å². The van der Waals surface area contributed by atoms with Crippen molar-refractivity contribution in [3.8, 4) is 11.5 Å². The van der Waals surface area contributed by atoms with E-state index >= 15 is 0 Å². The fourth-order valence-electron chi connectivity index (χ4n) is 5.24. The molecule has 2 heterocycles. The summed E-state index contributed by atoms with van der Waals surface area (Å²) in [5.74, 6) is 2.52. The predicted molar refractivity (Wildman–Crippen MR) is 165 cm³/mol. The van der Waals surface area contributed by atoms with E-state index in [4.69, 9.17) is 13.9 Å². The molecule has 7 heteroatoms. The van der Waals surface area contributed by atoms with Crippen LogP contribution in [0, 0.1) is 0 Å². The summed E-state index contributed by atoms with van der Waals surface area (Å²) in [6.45, 7) is 5.92. The fraction of sp³-hybridized carbons (Fsp3) is 0.286. The van der Waals surface area contributed by atoms with Crippen molar-refractivity contribution in [2.75, 3.05) is 46.9 Å². The summed E-state index contributed by atoms with van der Waals surface area (Å²) in [5.41, 5.74) is 3.51. The molecule has 0 unspecified atom stereocenters. The summed E-state index contributed by atoms with van der Waals surface area (Å²) in [7, 11) is 3.28. The first-order valence-electron chi connectivity index (χ1n) is 14.4. The molecular weight excluding hydrogens is 526 g/mol. The van der Waals surface area contributed by atoms with Crippen molar-refractivity contribution in [2.45, 2.75) is 19.6 Å². The number of amides is 1. The molecule has 5 rings (SSSR count). The molecule has 0 radical (unpaired) electrons. The van der Waals surface area contributed by atoms with Gasteiger partial charge in [0.25, 0.3) is 5.91 Å². The third-order valence-corrected chi connectivity index (χ3v) is 7.49. The molecule has 1 fully saturated rings. The van der Waals surface area contributed by atoms with Crippen molar-refractivity contribution in [2.24, 2.45) is 0 Å². The molecule has 1 saturated heterocycles. The molecule has 0 spiro atoms. The van der Waals surface area contributed by atoms with Crippen molar-refractivity contribution in [3.63, 3.8) is 0 Å². The molecule has 4 aromatic rings. The van der Waals surface area contributed by atoms with Crippen molar-refractivity contribution in [1.82, 2.24) is 14.7 Å². The number of furan rings is 1. The Kier molecular flexibility index (Phi) is 10.1. The lowest BCUT2D eigenvalue weighted by molar-refractivity contribution is 0.0615. The Morgan fingerprint density at radius 3 is 2.19 bits per heavy atom. The Morgan fingerprint density at radius 1 is 0.786 bits per heavy atom. The standard InChI is InChI=1S/C35H39N3O4/c1-40-32-17-15-30(24-34(32)41-2)26-37(25-29-12-7-4-8-13-29)27-31-16-18-33(42-31)35(39)38-22-20-36(21-23-38)19-9-14-28-10-5-3-6-11-28/h3-18,24H,19-23,25-27H2,1-2H3/b14-9+. The summed E-state index contributed by atoms with van der Waals surface area (Å²) in [6, 6.07) is 30.4. The zero-order valence-electron chi connectivity index (χ0n) is 24.4. The van der Waals surface area contributed by atoms with E-state index in [1.807, 2.05) is 71.6 Å². The van der Waals surface area contributed by atoms with Crippen LogP contribution in [0.1, 0.15) is 33.0 Å². The van der Waals surface area contributed by atoms with E-state index in [0.717, 1.165) is 37.5 Å².